The first-order valence-corrected chi connectivity index (χ1v) is 12.3. The first-order chi connectivity index (χ1) is 16.5. The van der Waals surface area contributed by atoms with E-state index in [2.05, 4.69) is 14.9 Å². The molecule has 2 aromatic heterocycles. The second kappa shape index (κ2) is 8.43. The van der Waals surface area contributed by atoms with Crippen LogP contribution >= 0.6 is 19.4 Å². The van der Waals surface area contributed by atoms with Crippen LogP contribution < -0.4 is 10.3 Å². The monoisotopic (exact) mass is 521 g/mol. The van der Waals surface area contributed by atoms with Crippen LogP contribution in [0.25, 0.3) is 10.4 Å². The van der Waals surface area contributed by atoms with Crippen LogP contribution in [-0.2, 0) is 23.3 Å². The normalized spacial score (nSPS) is 28.9. The molecule has 0 bridgehead atoms. The second-order valence-electron chi connectivity index (χ2n) is 8.48. The Morgan fingerprint density at radius 2 is 2.06 bits per heavy atom. The van der Waals surface area contributed by atoms with E-state index in [0.29, 0.717) is 11.2 Å². The largest absolute Gasteiger partial charge is 0.527 e. The van der Waals surface area contributed by atoms with Crippen molar-refractivity contribution in [3.05, 3.63) is 64.9 Å². The topological polar surface area (TPSA) is 144 Å². The lowest BCUT2D eigenvalue weighted by molar-refractivity contribution is -0.206. The Morgan fingerprint density at radius 1 is 1.29 bits per heavy atom. The van der Waals surface area contributed by atoms with Gasteiger partial charge in [0.05, 0.1) is 10.7 Å². The van der Waals surface area contributed by atoms with Crippen molar-refractivity contribution in [3.8, 4) is 5.75 Å². The van der Waals surface area contributed by atoms with Crippen LogP contribution in [0.4, 0.5) is 5.82 Å². The van der Waals surface area contributed by atoms with Gasteiger partial charge in [0, 0.05) is 0 Å². The van der Waals surface area contributed by atoms with Gasteiger partial charge in [0.25, 0.3) is 0 Å². The molecule has 0 amide bonds. The molecular weight excluding hydrogens is 501 g/mol. The molecule has 2 unspecified atom stereocenters. The van der Waals surface area contributed by atoms with Gasteiger partial charge in [-0.2, -0.15) is 5.10 Å². The quantitative estimate of drug-likeness (QED) is 0.366. The first-order valence-electron chi connectivity index (χ1n) is 10.5. The van der Waals surface area contributed by atoms with Gasteiger partial charge in [-0.1, -0.05) is 23.7 Å². The Bertz CT molecular complexity index is 1380. The molecule has 0 saturated carbocycles. The van der Waals surface area contributed by atoms with Crippen molar-refractivity contribution in [1.82, 2.24) is 14.6 Å². The van der Waals surface area contributed by atoms with Crippen LogP contribution in [0.15, 0.2) is 42.7 Å². The van der Waals surface area contributed by atoms with Gasteiger partial charge >= 0.3 is 13.5 Å². The minimum absolute atomic E-state index is 0.0431. The molecule has 5 rings (SSSR count). The molecule has 0 radical (unpaired) electrons. The Morgan fingerprint density at radius 3 is 2.80 bits per heavy atom. The van der Waals surface area contributed by atoms with Gasteiger partial charge in [-0.05, 0) is 38.1 Å². The van der Waals surface area contributed by atoms with Gasteiger partial charge in [0.15, 0.2) is 24.3 Å². The molecule has 2 aliphatic heterocycles. The highest BCUT2D eigenvalue weighted by atomic mass is 35.5. The van der Waals surface area contributed by atoms with Crippen molar-refractivity contribution < 1.29 is 32.7 Å². The predicted octanol–water partition coefficient (Wildman–Crippen LogP) is 3.37. The standard InChI is InChI=1S/C21H21ClN5O7P/c1-20(2)31-17-16(13-8-9-14-19(23)25-11-26-27(13)14)32-21(24-3,18(17)33-20)10-30-35(28,29)34-15-7-5-4-6-12(15)22/h4-9,11,16-18H,10H2,1-2H3,(H,28,29)(H2,23,25,26)/t16?,17-,18-,21+/m0/s1. The van der Waals surface area contributed by atoms with E-state index in [1.807, 2.05) is 0 Å². The molecule has 3 N–H and O–H groups in total. The van der Waals surface area contributed by atoms with Crippen LogP contribution in [0.3, 0.4) is 0 Å². The molecule has 2 aliphatic rings. The molecule has 0 spiro atoms. The van der Waals surface area contributed by atoms with Gasteiger partial charge in [0.1, 0.15) is 29.8 Å². The number of nitrogens with zero attached hydrogens (tertiary/aromatic N) is 4. The number of rotatable bonds is 6. The zero-order valence-corrected chi connectivity index (χ0v) is 20.2. The fraction of sp³-hybridized carbons (Fsp3) is 0.381. The maximum Gasteiger partial charge on any atom is 0.527 e. The van der Waals surface area contributed by atoms with Crippen LogP contribution in [0.5, 0.6) is 5.75 Å². The Labute approximate surface area is 204 Å². The van der Waals surface area contributed by atoms with E-state index in [1.165, 1.54) is 23.0 Å². The number of hydrogen-bond acceptors (Lipinski definition) is 9. The number of ether oxygens (including phenoxy) is 3. The van der Waals surface area contributed by atoms with Gasteiger partial charge in [-0.25, -0.2) is 20.6 Å². The van der Waals surface area contributed by atoms with Crippen LogP contribution in [-0.4, -0.2) is 49.8 Å². The number of phosphoric ester groups is 1. The molecule has 4 heterocycles. The van der Waals surface area contributed by atoms with Crippen molar-refractivity contribution in [2.75, 3.05) is 12.3 Å². The highest BCUT2D eigenvalue weighted by Gasteiger charge is 2.69. The van der Waals surface area contributed by atoms with Gasteiger partial charge < -0.3 is 19.7 Å². The molecule has 1 aromatic carbocycles. The molecule has 2 saturated heterocycles. The smallest absolute Gasteiger partial charge is 0.403 e. The summed E-state index contributed by atoms with van der Waals surface area (Å²) in [6.45, 7) is 10.7. The van der Waals surface area contributed by atoms with E-state index in [9.17, 15) is 9.46 Å². The summed E-state index contributed by atoms with van der Waals surface area (Å²) in [6.07, 6.45) is -1.24. The van der Waals surface area contributed by atoms with Crippen molar-refractivity contribution in [2.45, 2.75) is 43.7 Å². The zero-order valence-electron chi connectivity index (χ0n) is 18.6. The van der Waals surface area contributed by atoms with Crippen LogP contribution in [0.2, 0.25) is 5.02 Å². The maximum atomic E-state index is 12.7. The first kappa shape index (κ1) is 24.0. The number of nitrogens with two attached hydrogens (primary N) is 1. The number of benzene rings is 1. The molecule has 5 atom stereocenters. The van der Waals surface area contributed by atoms with Crippen LogP contribution in [0.1, 0.15) is 25.6 Å². The zero-order chi connectivity index (χ0) is 25.0. The minimum atomic E-state index is -4.69. The predicted molar refractivity (Wildman–Crippen MR) is 122 cm³/mol. The number of halogens is 1. The Kier molecular flexibility index (Phi) is 5.77. The van der Waals surface area contributed by atoms with E-state index < -0.39 is 44.3 Å². The summed E-state index contributed by atoms with van der Waals surface area (Å²) in [5.74, 6) is -0.827. The molecule has 12 nitrogen and oxygen atoms in total. The summed E-state index contributed by atoms with van der Waals surface area (Å²) in [5, 5.41) is 4.36. The summed E-state index contributed by atoms with van der Waals surface area (Å²) >= 11 is 6.01. The van der Waals surface area contributed by atoms with E-state index in [-0.39, 0.29) is 16.6 Å². The molecule has 3 aromatic rings. The van der Waals surface area contributed by atoms with Crippen molar-refractivity contribution >= 4 is 30.8 Å². The lowest BCUT2D eigenvalue weighted by Crippen LogP contribution is -2.44. The number of aromatic nitrogens is 3. The summed E-state index contributed by atoms with van der Waals surface area (Å²) in [7, 11) is -4.69. The molecule has 14 heteroatoms. The van der Waals surface area contributed by atoms with E-state index >= 15 is 0 Å². The second-order valence-corrected chi connectivity index (χ2v) is 10.3. The minimum Gasteiger partial charge on any atom is -0.403 e. The molecular formula is C21H21ClN5O7P. The number of fused-ring (bicyclic) bond motifs is 2. The number of hydrogen-bond donors (Lipinski definition) is 2. The molecule has 184 valence electrons. The summed E-state index contributed by atoms with van der Waals surface area (Å²) < 4.78 is 42.8. The van der Waals surface area contributed by atoms with E-state index in [0.717, 1.165) is 0 Å². The molecule has 35 heavy (non-hydrogen) atoms. The Balaban J connectivity index is 1.45. The number of para-hydroxylation sites is 1. The van der Waals surface area contributed by atoms with Gasteiger partial charge in [0.2, 0.25) is 0 Å². The summed E-state index contributed by atoms with van der Waals surface area (Å²) in [4.78, 5) is 17.9. The average molecular weight is 522 g/mol. The van der Waals surface area contributed by atoms with Crippen molar-refractivity contribution in [1.29, 1.82) is 0 Å². The third kappa shape index (κ3) is 4.26. The molecule has 0 aliphatic carbocycles. The summed E-state index contributed by atoms with van der Waals surface area (Å²) in [6, 6.07) is 9.59. The fourth-order valence-corrected chi connectivity index (χ4v) is 5.25. The highest BCUT2D eigenvalue weighted by Crippen LogP contribution is 2.53. The SMILES string of the molecule is [C-]#[N+][C@]1(COP(=O)(O)Oc2ccccc2Cl)OC(c2ccc3c(N)ncnn23)[C@@H]2OC(C)(C)O[C@@H]21. The van der Waals surface area contributed by atoms with E-state index in [4.69, 9.17) is 47.2 Å². The Hall–Kier alpha value is -2.75. The number of phosphoric acid groups is 1. The van der Waals surface area contributed by atoms with E-state index in [1.54, 1.807) is 38.1 Å². The van der Waals surface area contributed by atoms with Gasteiger partial charge in [-0.15, -0.1) is 0 Å². The summed E-state index contributed by atoms with van der Waals surface area (Å²) in [5.41, 5.74) is 5.21. The lowest BCUT2D eigenvalue weighted by atomic mass is 10.0. The highest BCUT2D eigenvalue weighted by molar-refractivity contribution is 7.47. The third-order valence-electron chi connectivity index (χ3n) is 5.68. The fourth-order valence-electron chi connectivity index (χ4n) is 4.21. The molecule has 2 fully saturated rings. The number of anilines is 1. The van der Waals surface area contributed by atoms with Crippen molar-refractivity contribution in [3.63, 3.8) is 0 Å². The average Bonchev–Trinajstić information content (AvgIpc) is 3.45. The maximum absolute atomic E-state index is 12.7. The third-order valence-corrected chi connectivity index (χ3v) is 6.87. The van der Waals surface area contributed by atoms with Gasteiger partial charge in [-0.3, -0.25) is 19.0 Å². The number of nitrogen functional groups attached to an aromatic ring is 1. The van der Waals surface area contributed by atoms with Crippen LogP contribution in [0, 0.1) is 6.57 Å². The van der Waals surface area contributed by atoms with Crippen molar-refractivity contribution in [2.24, 2.45) is 0 Å². The lowest BCUT2D eigenvalue weighted by Gasteiger charge is -2.26.